The highest BCUT2D eigenvalue weighted by Crippen LogP contribution is 2.23. The van der Waals surface area contributed by atoms with Crippen LogP contribution in [0.25, 0.3) is 0 Å². The van der Waals surface area contributed by atoms with Crippen LogP contribution in [0.5, 0.6) is 0 Å². The van der Waals surface area contributed by atoms with Crippen molar-refractivity contribution in [3.05, 3.63) is 12.7 Å². The van der Waals surface area contributed by atoms with Gasteiger partial charge in [-0.2, -0.15) is 0 Å². The van der Waals surface area contributed by atoms with E-state index in [1.54, 1.807) is 0 Å². The maximum atomic E-state index is 11.7. The van der Waals surface area contributed by atoms with Crippen molar-refractivity contribution >= 4 is 5.91 Å². The lowest BCUT2D eigenvalue weighted by Gasteiger charge is -2.45. The number of hydrogen-bond acceptors (Lipinski definition) is 2. The number of piperidine rings is 1. The van der Waals surface area contributed by atoms with Crippen LogP contribution in [0, 0.1) is 0 Å². The van der Waals surface area contributed by atoms with E-state index in [9.17, 15) is 4.79 Å². The van der Waals surface area contributed by atoms with Gasteiger partial charge >= 0.3 is 0 Å². The second-order valence-corrected chi connectivity index (χ2v) is 5.74. The van der Waals surface area contributed by atoms with Gasteiger partial charge in [0.25, 0.3) is 0 Å². The molecule has 1 fully saturated rings. The van der Waals surface area contributed by atoms with Crippen LogP contribution in [0.2, 0.25) is 0 Å². The Kier molecular flexibility index (Phi) is 4.75. The fraction of sp³-hybridized carbons (Fsp3) is 0.786. The topological polar surface area (TPSA) is 23.6 Å². The van der Waals surface area contributed by atoms with Gasteiger partial charge in [0.15, 0.2) is 0 Å². The number of carbonyl (C=O) groups is 1. The number of hydrogen-bond donors (Lipinski definition) is 0. The largest absolute Gasteiger partial charge is 0.338 e. The van der Waals surface area contributed by atoms with Gasteiger partial charge in [0.05, 0.1) is 0 Å². The molecule has 0 aromatic rings. The molecular formula is C14H26N2O. The Morgan fingerprint density at radius 1 is 1.53 bits per heavy atom. The Hall–Kier alpha value is -0.830. The van der Waals surface area contributed by atoms with Gasteiger partial charge in [-0.1, -0.05) is 13.5 Å². The Balaban J connectivity index is 2.71. The normalized spacial score (nSPS) is 21.7. The number of carbonyl (C=O) groups excluding carboxylic acids is 1. The number of nitrogens with zero attached hydrogens (tertiary/aromatic N) is 2. The van der Waals surface area contributed by atoms with E-state index in [4.69, 9.17) is 0 Å². The van der Waals surface area contributed by atoms with Crippen LogP contribution in [-0.2, 0) is 4.79 Å². The van der Waals surface area contributed by atoms with Crippen LogP contribution < -0.4 is 0 Å². The molecule has 0 aromatic heterocycles. The van der Waals surface area contributed by atoms with Crippen molar-refractivity contribution in [3.63, 3.8) is 0 Å². The molecule has 1 amide bonds. The summed E-state index contributed by atoms with van der Waals surface area (Å²) in [6.45, 7) is 15.2. The standard InChI is InChI=1S/C14H26N2O/c1-6-13(17)15-10-8-9-12(11-15)16(7-2)14(3,4)5/h6,12H,1,7-11H2,2-5H3/t12-/m1/s1. The van der Waals surface area contributed by atoms with Gasteiger partial charge in [0.2, 0.25) is 5.91 Å². The molecule has 0 N–H and O–H groups in total. The summed E-state index contributed by atoms with van der Waals surface area (Å²) in [5, 5.41) is 0. The van der Waals surface area contributed by atoms with Gasteiger partial charge in [0, 0.05) is 24.7 Å². The summed E-state index contributed by atoms with van der Waals surface area (Å²) in [6.07, 6.45) is 3.71. The molecule has 0 bridgehead atoms. The number of likely N-dealkylation sites (tertiary alicyclic amines) is 1. The molecule has 1 aliphatic heterocycles. The highest BCUT2D eigenvalue weighted by molar-refractivity contribution is 5.87. The Labute approximate surface area is 105 Å². The van der Waals surface area contributed by atoms with Gasteiger partial charge in [-0.05, 0) is 46.2 Å². The van der Waals surface area contributed by atoms with Crippen LogP contribution >= 0.6 is 0 Å². The number of amides is 1. The van der Waals surface area contributed by atoms with E-state index in [-0.39, 0.29) is 11.4 Å². The molecule has 1 saturated heterocycles. The molecule has 1 aliphatic rings. The summed E-state index contributed by atoms with van der Waals surface area (Å²) in [5.74, 6) is 0.0691. The fourth-order valence-electron chi connectivity index (χ4n) is 2.82. The summed E-state index contributed by atoms with van der Waals surface area (Å²) in [5.41, 5.74) is 0.166. The van der Waals surface area contributed by atoms with Gasteiger partial charge in [-0.3, -0.25) is 9.69 Å². The molecule has 0 spiro atoms. The summed E-state index contributed by atoms with van der Waals surface area (Å²) in [7, 11) is 0. The minimum Gasteiger partial charge on any atom is -0.338 e. The van der Waals surface area contributed by atoms with Crippen molar-refractivity contribution in [1.82, 2.24) is 9.80 Å². The van der Waals surface area contributed by atoms with Crippen LogP contribution in [0.4, 0.5) is 0 Å². The Bertz CT molecular complexity index is 280. The predicted octanol–water partition coefficient (Wildman–Crippen LogP) is 2.28. The van der Waals surface area contributed by atoms with E-state index < -0.39 is 0 Å². The zero-order chi connectivity index (χ0) is 13.1. The molecule has 17 heavy (non-hydrogen) atoms. The first-order chi connectivity index (χ1) is 7.90. The van der Waals surface area contributed by atoms with Crippen molar-refractivity contribution in [1.29, 1.82) is 0 Å². The molecule has 3 heteroatoms. The maximum Gasteiger partial charge on any atom is 0.246 e. The van der Waals surface area contributed by atoms with Gasteiger partial charge in [0.1, 0.15) is 0 Å². The van der Waals surface area contributed by atoms with Crippen molar-refractivity contribution in [2.45, 2.75) is 52.1 Å². The Morgan fingerprint density at radius 2 is 2.18 bits per heavy atom. The molecule has 1 atom stereocenters. The van der Waals surface area contributed by atoms with Crippen LogP contribution in [-0.4, -0.2) is 46.9 Å². The summed E-state index contributed by atoms with van der Waals surface area (Å²) in [6, 6.07) is 0.484. The number of likely N-dealkylation sites (N-methyl/N-ethyl adjacent to an activating group) is 1. The molecular weight excluding hydrogens is 212 g/mol. The first-order valence-corrected chi connectivity index (χ1v) is 6.58. The molecule has 1 rings (SSSR count). The van der Waals surface area contributed by atoms with Crippen molar-refractivity contribution in [2.75, 3.05) is 19.6 Å². The lowest BCUT2D eigenvalue weighted by Crippen LogP contribution is -2.55. The molecule has 1 heterocycles. The molecule has 0 radical (unpaired) electrons. The van der Waals surface area contributed by atoms with Gasteiger partial charge in [-0.15, -0.1) is 0 Å². The van der Waals surface area contributed by atoms with E-state index >= 15 is 0 Å². The average Bonchev–Trinajstić information content (AvgIpc) is 2.27. The number of rotatable bonds is 3. The van der Waals surface area contributed by atoms with E-state index in [0.717, 1.165) is 26.1 Å². The average molecular weight is 238 g/mol. The van der Waals surface area contributed by atoms with Crippen molar-refractivity contribution in [3.8, 4) is 0 Å². The van der Waals surface area contributed by atoms with E-state index in [1.165, 1.54) is 12.5 Å². The van der Waals surface area contributed by atoms with Crippen molar-refractivity contribution in [2.24, 2.45) is 0 Å². The molecule has 0 unspecified atom stereocenters. The summed E-state index contributed by atoms with van der Waals surface area (Å²) < 4.78 is 0. The lowest BCUT2D eigenvalue weighted by atomic mass is 9.97. The van der Waals surface area contributed by atoms with Crippen LogP contribution in [0.1, 0.15) is 40.5 Å². The smallest absolute Gasteiger partial charge is 0.246 e. The third kappa shape index (κ3) is 3.56. The maximum absolute atomic E-state index is 11.7. The predicted molar refractivity (Wildman–Crippen MR) is 71.9 cm³/mol. The quantitative estimate of drug-likeness (QED) is 0.704. The van der Waals surface area contributed by atoms with Crippen molar-refractivity contribution < 1.29 is 4.79 Å². The minimum atomic E-state index is 0.0691. The monoisotopic (exact) mass is 238 g/mol. The highest BCUT2D eigenvalue weighted by Gasteiger charge is 2.31. The van der Waals surface area contributed by atoms with Crippen LogP contribution in [0.3, 0.4) is 0 Å². The zero-order valence-corrected chi connectivity index (χ0v) is 11.7. The van der Waals surface area contributed by atoms with Crippen LogP contribution in [0.15, 0.2) is 12.7 Å². The highest BCUT2D eigenvalue weighted by atomic mass is 16.2. The van der Waals surface area contributed by atoms with Gasteiger partial charge < -0.3 is 4.90 Å². The molecule has 0 aromatic carbocycles. The van der Waals surface area contributed by atoms with E-state index in [2.05, 4.69) is 39.2 Å². The summed E-state index contributed by atoms with van der Waals surface area (Å²) >= 11 is 0. The molecule has 3 nitrogen and oxygen atoms in total. The first kappa shape index (κ1) is 14.2. The molecule has 98 valence electrons. The fourth-order valence-corrected chi connectivity index (χ4v) is 2.82. The van der Waals surface area contributed by atoms with E-state index in [1.807, 2.05) is 4.90 Å². The molecule has 0 aliphatic carbocycles. The first-order valence-electron chi connectivity index (χ1n) is 6.58. The lowest BCUT2D eigenvalue weighted by molar-refractivity contribution is -0.128. The van der Waals surface area contributed by atoms with Gasteiger partial charge in [-0.25, -0.2) is 0 Å². The third-order valence-corrected chi connectivity index (χ3v) is 3.53. The van der Waals surface area contributed by atoms with E-state index in [0.29, 0.717) is 6.04 Å². The Morgan fingerprint density at radius 3 is 2.65 bits per heavy atom. The SMILES string of the molecule is C=CC(=O)N1CCC[C@@H](N(CC)C(C)(C)C)C1. The third-order valence-electron chi connectivity index (χ3n) is 3.53. The zero-order valence-electron chi connectivity index (χ0n) is 11.7. The second kappa shape index (κ2) is 5.67. The minimum absolute atomic E-state index is 0.0691. The molecule has 0 saturated carbocycles. The summed E-state index contributed by atoms with van der Waals surface area (Å²) in [4.78, 5) is 16.1. The second-order valence-electron chi connectivity index (χ2n) is 5.74.